The van der Waals surface area contributed by atoms with Gasteiger partial charge in [-0.15, -0.1) is 0 Å². The van der Waals surface area contributed by atoms with Crippen molar-refractivity contribution in [2.75, 3.05) is 0 Å². The van der Waals surface area contributed by atoms with E-state index in [1.165, 1.54) is 18.5 Å². The number of hydrogen-bond donors (Lipinski definition) is 1. The number of hydrogen-bond acceptors (Lipinski definition) is 3. The molecule has 1 heterocycles. The second kappa shape index (κ2) is 8.57. The fourth-order valence-electron chi connectivity index (χ4n) is 3.24. The maximum atomic E-state index is 4.69. The zero-order chi connectivity index (χ0) is 17.8. The van der Waals surface area contributed by atoms with Gasteiger partial charge in [0.15, 0.2) is 0 Å². The van der Waals surface area contributed by atoms with Crippen molar-refractivity contribution in [3.8, 4) is 0 Å². The van der Waals surface area contributed by atoms with Crippen LogP contribution in [0.4, 0.5) is 0 Å². The Morgan fingerprint density at radius 1 is 1.26 bits per heavy atom. The summed E-state index contributed by atoms with van der Waals surface area (Å²) in [7, 11) is 0. The highest BCUT2D eigenvalue weighted by molar-refractivity contribution is 7.98. The molecule has 1 saturated carbocycles. The van der Waals surface area contributed by atoms with Gasteiger partial charge >= 0.3 is 0 Å². The molecule has 0 aliphatic heterocycles. The van der Waals surface area contributed by atoms with Gasteiger partial charge in [-0.25, -0.2) is 0 Å². The smallest absolute Gasteiger partial charge is 0.0596 e. The second-order valence-corrected chi connectivity index (χ2v) is 9.50. The molecule has 1 aromatic rings. The van der Waals surface area contributed by atoms with Gasteiger partial charge in [-0.3, -0.25) is 9.40 Å². The standard InChI is InChI=1S/C17H31N3S.C2H6/c1-11(2)20-16(9-13(4)18-20)15-10-14(8-12(15)3)19-21-17(5,6)7;1-2/h9,11-12,14-15,19H,8,10H2,1-7H3;1-2H3/t12?,14?,15-;/m1./s1. The van der Waals surface area contributed by atoms with Gasteiger partial charge in [0.1, 0.15) is 0 Å². The lowest BCUT2D eigenvalue weighted by molar-refractivity contribution is 0.444. The zero-order valence-electron chi connectivity index (χ0n) is 16.6. The number of nitrogens with one attached hydrogen (secondary N) is 1. The van der Waals surface area contributed by atoms with Crippen LogP contribution in [0, 0.1) is 12.8 Å². The summed E-state index contributed by atoms with van der Waals surface area (Å²) < 4.78 is 6.20. The Hall–Kier alpha value is -0.480. The summed E-state index contributed by atoms with van der Waals surface area (Å²) in [6, 6.07) is 3.35. The summed E-state index contributed by atoms with van der Waals surface area (Å²) in [5, 5.41) is 4.69. The molecule has 1 aromatic heterocycles. The van der Waals surface area contributed by atoms with Gasteiger partial charge < -0.3 is 0 Å². The molecule has 1 aliphatic carbocycles. The lowest BCUT2D eigenvalue weighted by atomic mass is 9.94. The van der Waals surface area contributed by atoms with Crippen molar-refractivity contribution in [2.45, 2.75) is 97.9 Å². The third-order valence-electron chi connectivity index (χ3n) is 4.17. The fraction of sp³-hybridized carbons (Fsp3) is 0.842. The molecule has 3 nitrogen and oxygen atoms in total. The first-order chi connectivity index (χ1) is 10.7. The van der Waals surface area contributed by atoms with E-state index < -0.39 is 0 Å². The summed E-state index contributed by atoms with van der Waals surface area (Å²) >= 11 is 1.87. The van der Waals surface area contributed by atoms with Gasteiger partial charge in [0.2, 0.25) is 0 Å². The van der Waals surface area contributed by atoms with E-state index in [0.29, 0.717) is 18.0 Å². The Morgan fingerprint density at radius 3 is 2.39 bits per heavy atom. The average Bonchev–Trinajstić information content (AvgIpc) is 3.01. The predicted octanol–water partition coefficient (Wildman–Crippen LogP) is 5.72. The van der Waals surface area contributed by atoms with Gasteiger partial charge in [0.25, 0.3) is 0 Å². The molecule has 23 heavy (non-hydrogen) atoms. The summed E-state index contributed by atoms with van der Waals surface area (Å²) in [4.78, 5) is 0. The minimum atomic E-state index is 0.275. The van der Waals surface area contributed by atoms with E-state index in [1.807, 2.05) is 25.8 Å². The SMILES string of the molecule is CC.Cc1cc([C@@H]2CC(NSC(C)(C)C)CC2C)n(C(C)C)n1. The topological polar surface area (TPSA) is 29.9 Å². The van der Waals surface area contributed by atoms with E-state index in [-0.39, 0.29) is 4.75 Å². The van der Waals surface area contributed by atoms with Gasteiger partial charge in [0.05, 0.1) is 5.69 Å². The lowest BCUT2D eigenvalue weighted by Gasteiger charge is -2.21. The van der Waals surface area contributed by atoms with Crippen LogP contribution in [0.25, 0.3) is 0 Å². The first kappa shape index (κ1) is 20.6. The fourth-order valence-corrected chi connectivity index (χ4v) is 3.96. The van der Waals surface area contributed by atoms with Crippen LogP contribution in [0.3, 0.4) is 0 Å². The number of nitrogens with zero attached hydrogens (tertiary/aromatic N) is 2. The van der Waals surface area contributed by atoms with Crippen LogP contribution in [0.15, 0.2) is 6.07 Å². The number of aryl methyl sites for hydroxylation is 1. The summed E-state index contributed by atoms with van der Waals surface area (Å²) in [5.74, 6) is 1.35. The Labute approximate surface area is 148 Å². The molecule has 2 unspecified atom stereocenters. The van der Waals surface area contributed by atoms with Crippen molar-refractivity contribution in [3.05, 3.63) is 17.5 Å². The molecule has 134 valence electrons. The minimum Gasteiger partial charge on any atom is -0.267 e. The van der Waals surface area contributed by atoms with Crippen molar-refractivity contribution in [1.82, 2.24) is 14.5 Å². The third kappa shape index (κ3) is 5.82. The molecular formula is C19H37N3S. The quantitative estimate of drug-likeness (QED) is 0.712. The largest absolute Gasteiger partial charge is 0.267 e. The number of aromatic nitrogens is 2. The van der Waals surface area contributed by atoms with Gasteiger partial charge in [-0.1, -0.05) is 32.7 Å². The highest BCUT2D eigenvalue weighted by atomic mass is 32.2. The van der Waals surface area contributed by atoms with Gasteiger partial charge in [-0.05, 0) is 66.4 Å². The molecule has 1 aliphatic rings. The zero-order valence-corrected chi connectivity index (χ0v) is 17.4. The van der Waals surface area contributed by atoms with E-state index in [4.69, 9.17) is 5.10 Å². The molecular weight excluding hydrogens is 302 g/mol. The Balaban J connectivity index is 0.00000127. The molecule has 1 N–H and O–H groups in total. The molecule has 0 spiro atoms. The van der Waals surface area contributed by atoms with Crippen molar-refractivity contribution < 1.29 is 0 Å². The predicted molar refractivity (Wildman–Crippen MR) is 104 cm³/mol. The Kier molecular flexibility index (Phi) is 7.66. The lowest BCUT2D eigenvalue weighted by Crippen LogP contribution is -2.25. The first-order valence-electron chi connectivity index (χ1n) is 9.17. The molecule has 0 bridgehead atoms. The van der Waals surface area contributed by atoms with Crippen LogP contribution in [-0.4, -0.2) is 20.6 Å². The molecule has 0 saturated heterocycles. The molecule has 0 radical (unpaired) electrons. The van der Waals surface area contributed by atoms with Crippen molar-refractivity contribution in [3.63, 3.8) is 0 Å². The van der Waals surface area contributed by atoms with E-state index in [9.17, 15) is 0 Å². The summed E-state index contributed by atoms with van der Waals surface area (Å²) in [6.45, 7) is 19.7. The van der Waals surface area contributed by atoms with E-state index in [1.54, 1.807) is 0 Å². The second-order valence-electron chi connectivity index (χ2n) is 7.83. The maximum Gasteiger partial charge on any atom is 0.0596 e. The minimum absolute atomic E-state index is 0.275. The molecule has 3 atom stereocenters. The van der Waals surface area contributed by atoms with Crippen molar-refractivity contribution >= 4 is 11.9 Å². The van der Waals surface area contributed by atoms with Gasteiger partial charge in [-0.2, -0.15) is 5.10 Å². The van der Waals surface area contributed by atoms with Crippen molar-refractivity contribution in [1.29, 1.82) is 0 Å². The highest BCUT2D eigenvalue weighted by Gasteiger charge is 2.35. The number of rotatable bonds is 4. The van der Waals surface area contributed by atoms with E-state index >= 15 is 0 Å². The highest BCUT2D eigenvalue weighted by Crippen LogP contribution is 2.41. The summed E-state index contributed by atoms with van der Waals surface area (Å²) in [6.07, 6.45) is 2.48. The summed E-state index contributed by atoms with van der Waals surface area (Å²) in [5.41, 5.74) is 2.58. The van der Waals surface area contributed by atoms with E-state index in [2.05, 4.69) is 63.9 Å². The van der Waals surface area contributed by atoms with Crippen LogP contribution in [-0.2, 0) is 0 Å². The average molecular weight is 340 g/mol. The normalized spacial score (nSPS) is 24.7. The van der Waals surface area contributed by atoms with Crippen LogP contribution >= 0.6 is 11.9 Å². The molecule has 2 rings (SSSR count). The van der Waals surface area contributed by atoms with Crippen LogP contribution < -0.4 is 4.72 Å². The Bertz CT molecular complexity index is 473. The Morgan fingerprint density at radius 2 is 1.87 bits per heavy atom. The van der Waals surface area contributed by atoms with Gasteiger partial charge in [0, 0.05) is 28.4 Å². The molecule has 0 amide bonds. The third-order valence-corrected chi connectivity index (χ3v) is 5.23. The van der Waals surface area contributed by atoms with Crippen LogP contribution in [0.2, 0.25) is 0 Å². The van der Waals surface area contributed by atoms with E-state index in [0.717, 1.165) is 11.6 Å². The van der Waals surface area contributed by atoms with Crippen LogP contribution in [0.1, 0.15) is 91.6 Å². The monoisotopic (exact) mass is 339 g/mol. The van der Waals surface area contributed by atoms with Crippen LogP contribution in [0.5, 0.6) is 0 Å². The molecule has 1 fully saturated rings. The molecule has 0 aromatic carbocycles. The first-order valence-corrected chi connectivity index (χ1v) is 9.98. The molecule has 4 heteroatoms. The van der Waals surface area contributed by atoms with Crippen molar-refractivity contribution in [2.24, 2.45) is 5.92 Å². The maximum absolute atomic E-state index is 4.69.